The average molecular weight is 373 g/mol. The van der Waals surface area contributed by atoms with Crippen molar-refractivity contribution < 1.29 is 18.0 Å². The quantitative estimate of drug-likeness (QED) is 0.830. The minimum Gasteiger partial charge on any atom is -0.298 e. The molecule has 0 aliphatic heterocycles. The summed E-state index contributed by atoms with van der Waals surface area (Å²) in [5.41, 5.74) is -0.0836. The molecule has 10 heteroatoms. The van der Waals surface area contributed by atoms with Crippen molar-refractivity contribution in [2.24, 2.45) is 0 Å². The highest BCUT2D eigenvalue weighted by molar-refractivity contribution is 7.13. The van der Waals surface area contributed by atoms with E-state index in [4.69, 9.17) is 0 Å². The predicted molar refractivity (Wildman–Crippen MR) is 90.6 cm³/mol. The third-order valence-electron chi connectivity index (χ3n) is 3.39. The van der Waals surface area contributed by atoms with Crippen LogP contribution in [0.15, 0.2) is 23.7 Å². The number of rotatable bonds is 5. The van der Waals surface area contributed by atoms with Crippen LogP contribution in [0.2, 0.25) is 0 Å². The van der Waals surface area contributed by atoms with E-state index in [-0.39, 0.29) is 5.82 Å². The van der Waals surface area contributed by atoms with Crippen LogP contribution in [0.25, 0.3) is 0 Å². The first-order chi connectivity index (χ1) is 11.6. The molecular weight excluding hydrogens is 355 g/mol. The lowest BCUT2D eigenvalue weighted by atomic mass is 10.2. The second-order valence-corrected chi connectivity index (χ2v) is 6.52. The highest BCUT2D eigenvalue weighted by atomic mass is 32.1. The summed E-state index contributed by atoms with van der Waals surface area (Å²) in [6.07, 6.45) is -3.51. The maximum Gasteiger partial charge on any atom is 0.416 e. The van der Waals surface area contributed by atoms with Gasteiger partial charge in [-0.05, 0) is 33.0 Å². The molecule has 0 bridgehead atoms. The van der Waals surface area contributed by atoms with Crippen molar-refractivity contribution in [2.45, 2.75) is 32.6 Å². The van der Waals surface area contributed by atoms with Crippen LogP contribution in [0.3, 0.4) is 0 Å². The molecule has 25 heavy (non-hydrogen) atoms. The molecule has 0 saturated carbocycles. The van der Waals surface area contributed by atoms with Crippen molar-refractivity contribution in [2.75, 3.05) is 17.7 Å². The summed E-state index contributed by atoms with van der Waals surface area (Å²) < 4.78 is 37.9. The van der Waals surface area contributed by atoms with E-state index < -0.39 is 17.8 Å². The Balaban J connectivity index is 1.96. The number of aromatic nitrogens is 2. The van der Waals surface area contributed by atoms with E-state index in [1.807, 2.05) is 12.4 Å². The van der Waals surface area contributed by atoms with Crippen molar-refractivity contribution in [1.82, 2.24) is 14.9 Å². The van der Waals surface area contributed by atoms with Crippen LogP contribution < -0.4 is 10.6 Å². The number of amides is 2. The van der Waals surface area contributed by atoms with Gasteiger partial charge in [0.2, 0.25) is 0 Å². The zero-order valence-electron chi connectivity index (χ0n) is 13.9. The molecule has 2 aromatic rings. The number of anilines is 2. The fourth-order valence-electron chi connectivity index (χ4n) is 1.80. The molecule has 2 N–H and O–H groups in total. The highest BCUT2D eigenvalue weighted by Gasteiger charge is 2.30. The first kappa shape index (κ1) is 19.1. The Morgan fingerprint density at radius 2 is 2.08 bits per heavy atom. The molecule has 0 radical (unpaired) electrons. The molecular formula is C15H18F3N5OS. The molecule has 0 spiro atoms. The van der Waals surface area contributed by atoms with Gasteiger partial charge in [-0.1, -0.05) is 0 Å². The van der Waals surface area contributed by atoms with Gasteiger partial charge in [0.05, 0.1) is 11.3 Å². The maximum absolute atomic E-state index is 12.6. The molecule has 0 fully saturated rings. The number of carbonyl (C=O) groups is 1. The van der Waals surface area contributed by atoms with Gasteiger partial charge in [-0.2, -0.15) is 13.2 Å². The molecule has 0 aliphatic rings. The Hall–Kier alpha value is -2.20. The largest absolute Gasteiger partial charge is 0.416 e. The van der Waals surface area contributed by atoms with Gasteiger partial charge in [0, 0.05) is 24.2 Å². The average Bonchev–Trinajstić information content (AvgIpc) is 2.93. The predicted octanol–water partition coefficient (Wildman–Crippen LogP) is 4.04. The van der Waals surface area contributed by atoms with E-state index in [2.05, 4.69) is 39.3 Å². The van der Waals surface area contributed by atoms with Crippen LogP contribution in [-0.2, 0) is 12.7 Å². The highest BCUT2D eigenvalue weighted by Crippen LogP contribution is 2.29. The summed E-state index contributed by atoms with van der Waals surface area (Å²) in [5, 5.41) is 6.93. The molecule has 0 aliphatic carbocycles. The topological polar surface area (TPSA) is 70.2 Å². The Morgan fingerprint density at radius 3 is 2.72 bits per heavy atom. The second kappa shape index (κ2) is 7.79. The SMILES string of the molecule is CC(C)N(C)Cc1csc(NC(=O)Nc2cc(C(F)(F)F)ccn2)n1. The molecule has 0 aromatic carbocycles. The third kappa shape index (κ3) is 5.68. The van der Waals surface area contributed by atoms with Gasteiger partial charge in [0.1, 0.15) is 5.82 Å². The number of alkyl halides is 3. The van der Waals surface area contributed by atoms with Crippen molar-refractivity contribution in [3.05, 3.63) is 35.0 Å². The van der Waals surface area contributed by atoms with Gasteiger partial charge in [-0.15, -0.1) is 11.3 Å². The molecule has 2 amide bonds. The van der Waals surface area contributed by atoms with Gasteiger partial charge in [0.15, 0.2) is 5.13 Å². The Labute approximate surface area is 147 Å². The van der Waals surface area contributed by atoms with Crippen molar-refractivity contribution in [3.63, 3.8) is 0 Å². The summed E-state index contributed by atoms with van der Waals surface area (Å²) in [4.78, 5) is 22.0. The van der Waals surface area contributed by atoms with Crippen LogP contribution in [0.1, 0.15) is 25.1 Å². The normalized spacial score (nSPS) is 11.8. The lowest BCUT2D eigenvalue weighted by Gasteiger charge is -2.19. The number of pyridine rings is 1. The van der Waals surface area contributed by atoms with Crippen LogP contribution in [0.4, 0.5) is 28.9 Å². The Bertz CT molecular complexity index is 732. The minimum absolute atomic E-state index is 0.191. The Kier molecular flexibility index (Phi) is 5.96. The fourth-order valence-corrected chi connectivity index (χ4v) is 2.49. The van der Waals surface area contributed by atoms with Gasteiger partial charge < -0.3 is 0 Å². The van der Waals surface area contributed by atoms with E-state index >= 15 is 0 Å². The van der Waals surface area contributed by atoms with Crippen molar-refractivity contribution in [1.29, 1.82) is 0 Å². The van der Waals surface area contributed by atoms with Gasteiger partial charge >= 0.3 is 12.2 Å². The molecule has 0 saturated heterocycles. The Morgan fingerprint density at radius 1 is 1.36 bits per heavy atom. The molecule has 2 heterocycles. The standard InChI is InChI=1S/C15H18F3N5OS/c1-9(2)23(3)7-11-8-25-14(20-11)22-13(24)21-12-6-10(4-5-19-12)15(16,17)18/h4-6,8-9H,7H2,1-3H3,(H2,19,20,21,22,24). The molecule has 0 atom stereocenters. The van der Waals surface area contributed by atoms with E-state index in [1.54, 1.807) is 0 Å². The van der Waals surface area contributed by atoms with Crippen molar-refractivity contribution in [3.8, 4) is 0 Å². The number of halogens is 3. The van der Waals surface area contributed by atoms with E-state index in [1.165, 1.54) is 11.3 Å². The van der Waals surface area contributed by atoms with E-state index in [0.717, 1.165) is 24.0 Å². The van der Waals surface area contributed by atoms with Crippen molar-refractivity contribution >= 4 is 28.3 Å². The van der Waals surface area contributed by atoms with E-state index in [9.17, 15) is 18.0 Å². The number of hydrogen-bond donors (Lipinski definition) is 2. The minimum atomic E-state index is -4.50. The summed E-state index contributed by atoms with van der Waals surface area (Å²) in [5.74, 6) is -0.191. The second-order valence-electron chi connectivity index (χ2n) is 5.66. The van der Waals surface area contributed by atoms with Gasteiger partial charge in [0.25, 0.3) is 0 Å². The van der Waals surface area contributed by atoms with Crippen LogP contribution >= 0.6 is 11.3 Å². The fraction of sp³-hybridized carbons (Fsp3) is 0.400. The summed E-state index contributed by atoms with van der Waals surface area (Å²) in [7, 11) is 1.96. The van der Waals surface area contributed by atoms with Gasteiger partial charge in [-0.25, -0.2) is 14.8 Å². The smallest absolute Gasteiger partial charge is 0.298 e. The summed E-state index contributed by atoms with van der Waals surface area (Å²) >= 11 is 1.24. The number of nitrogens with zero attached hydrogens (tertiary/aromatic N) is 3. The number of urea groups is 1. The third-order valence-corrected chi connectivity index (χ3v) is 4.20. The van der Waals surface area contributed by atoms with Gasteiger partial charge in [-0.3, -0.25) is 15.5 Å². The summed E-state index contributed by atoms with van der Waals surface area (Å²) in [6, 6.07) is 1.25. The zero-order chi connectivity index (χ0) is 18.6. The first-order valence-electron chi connectivity index (χ1n) is 7.41. The summed E-state index contributed by atoms with van der Waals surface area (Å²) in [6.45, 7) is 4.74. The first-order valence-corrected chi connectivity index (χ1v) is 8.29. The molecule has 6 nitrogen and oxygen atoms in total. The number of nitrogens with one attached hydrogen (secondary N) is 2. The van der Waals surface area contributed by atoms with Crippen LogP contribution in [0.5, 0.6) is 0 Å². The molecule has 136 valence electrons. The monoisotopic (exact) mass is 373 g/mol. The van der Waals surface area contributed by atoms with Crippen LogP contribution in [0, 0.1) is 0 Å². The molecule has 0 unspecified atom stereocenters. The van der Waals surface area contributed by atoms with Crippen LogP contribution in [-0.4, -0.2) is 34.0 Å². The maximum atomic E-state index is 12.6. The van der Waals surface area contributed by atoms with E-state index in [0.29, 0.717) is 17.7 Å². The number of hydrogen-bond acceptors (Lipinski definition) is 5. The lowest BCUT2D eigenvalue weighted by molar-refractivity contribution is -0.137. The lowest BCUT2D eigenvalue weighted by Crippen LogP contribution is -2.25. The molecule has 2 aromatic heterocycles. The molecule has 2 rings (SSSR count). The number of thiazole rings is 1. The number of carbonyl (C=O) groups excluding carboxylic acids is 1. The zero-order valence-corrected chi connectivity index (χ0v) is 14.7.